The van der Waals surface area contributed by atoms with Crippen LogP contribution < -0.4 is 5.73 Å². The summed E-state index contributed by atoms with van der Waals surface area (Å²) in [6.07, 6.45) is 4.13. The van der Waals surface area contributed by atoms with Gasteiger partial charge in [-0.2, -0.15) is 5.10 Å². The molecule has 0 saturated carbocycles. The highest BCUT2D eigenvalue weighted by molar-refractivity contribution is 5.73. The minimum Gasteiger partial charge on any atom is -0.370 e. The normalized spacial score (nSPS) is 11.6. The highest BCUT2D eigenvalue weighted by Crippen LogP contribution is 2.20. The third kappa shape index (κ3) is 2.87. The molecule has 0 saturated heterocycles. The summed E-state index contributed by atoms with van der Waals surface area (Å²) in [5.74, 6) is -0.294. The highest BCUT2D eigenvalue weighted by atomic mass is 16.1. The predicted octanol–water partition coefficient (Wildman–Crippen LogP) is 1.06. The topological polar surface area (TPSA) is 60.9 Å². The summed E-state index contributed by atoms with van der Waals surface area (Å²) < 4.78 is 1.76. The van der Waals surface area contributed by atoms with E-state index in [4.69, 9.17) is 5.73 Å². The van der Waals surface area contributed by atoms with Gasteiger partial charge in [-0.15, -0.1) is 0 Å². The standard InChI is InChI=1S/C10H17N3O/c1-10(2,3)8-6-12-13(7-8)5-4-9(11)14/h6-7H,4-5H2,1-3H3,(H2,11,14). The molecular weight excluding hydrogens is 178 g/mol. The van der Waals surface area contributed by atoms with Gasteiger partial charge >= 0.3 is 0 Å². The van der Waals surface area contributed by atoms with Gasteiger partial charge in [-0.3, -0.25) is 9.48 Å². The third-order valence-electron chi connectivity index (χ3n) is 2.09. The van der Waals surface area contributed by atoms with Crippen LogP contribution in [-0.2, 0) is 16.8 Å². The lowest BCUT2D eigenvalue weighted by Gasteiger charge is -2.14. The van der Waals surface area contributed by atoms with E-state index in [1.165, 1.54) is 5.56 Å². The molecule has 0 aromatic carbocycles. The first-order valence-electron chi connectivity index (χ1n) is 4.71. The molecule has 0 fully saturated rings. The van der Waals surface area contributed by atoms with Crippen molar-refractivity contribution in [3.63, 3.8) is 0 Å². The van der Waals surface area contributed by atoms with Crippen molar-refractivity contribution in [2.24, 2.45) is 5.73 Å². The van der Waals surface area contributed by atoms with Crippen LogP contribution in [-0.4, -0.2) is 15.7 Å². The van der Waals surface area contributed by atoms with Gasteiger partial charge in [-0.1, -0.05) is 20.8 Å². The van der Waals surface area contributed by atoms with Gasteiger partial charge in [0, 0.05) is 19.2 Å². The Hall–Kier alpha value is -1.32. The number of primary amides is 1. The fraction of sp³-hybridized carbons (Fsp3) is 0.600. The number of carbonyl (C=O) groups excluding carboxylic acids is 1. The van der Waals surface area contributed by atoms with Gasteiger partial charge in [0.1, 0.15) is 0 Å². The zero-order valence-corrected chi connectivity index (χ0v) is 8.95. The SMILES string of the molecule is CC(C)(C)c1cnn(CCC(N)=O)c1. The van der Waals surface area contributed by atoms with E-state index in [-0.39, 0.29) is 11.3 Å². The molecule has 0 bridgehead atoms. The summed E-state index contributed by atoms with van der Waals surface area (Å²) in [5.41, 5.74) is 6.32. The summed E-state index contributed by atoms with van der Waals surface area (Å²) in [4.78, 5) is 10.6. The summed E-state index contributed by atoms with van der Waals surface area (Å²) in [6.45, 7) is 6.94. The molecule has 1 heterocycles. The molecule has 1 aromatic heterocycles. The van der Waals surface area contributed by atoms with Gasteiger partial charge in [-0.25, -0.2) is 0 Å². The number of amides is 1. The van der Waals surface area contributed by atoms with Gasteiger partial charge < -0.3 is 5.73 Å². The molecule has 0 aliphatic carbocycles. The first-order valence-corrected chi connectivity index (χ1v) is 4.71. The minimum atomic E-state index is -0.294. The second-order valence-electron chi connectivity index (χ2n) is 4.46. The van der Waals surface area contributed by atoms with Gasteiger partial charge in [0.15, 0.2) is 0 Å². The lowest BCUT2D eigenvalue weighted by Crippen LogP contribution is -2.14. The first-order chi connectivity index (χ1) is 6.39. The summed E-state index contributed by atoms with van der Waals surface area (Å²) in [6, 6.07) is 0. The molecule has 1 aromatic rings. The van der Waals surface area contributed by atoms with Crippen molar-refractivity contribution in [3.05, 3.63) is 18.0 Å². The van der Waals surface area contributed by atoms with E-state index >= 15 is 0 Å². The minimum absolute atomic E-state index is 0.102. The highest BCUT2D eigenvalue weighted by Gasteiger charge is 2.15. The van der Waals surface area contributed by atoms with E-state index in [2.05, 4.69) is 25.9 Å². The maximum absolute atomic E-state index is 10.6. The van der Waals surface area contributed by atoms with Crippen LogP contribution in [0.5, 0.6) is 0 Å². The number of nitrogens with two attached hydrogens (primary N) is 1. The number of aryl methyl sites for hydroxylation is 1. The number of nitrogens with zero attached hydrogens (tertiary/aromatic N) is 2. The number of hydrogen-bond donors (Lipinski definition) is 1. The van der Waals surface area contributed by atoms with E-state index in [0.717, 1.165) is 0 Å². The molecule has 0 aliphatic heterocycles. The Bertz CT molecular complexity index is 322. The molecule has 0 radical (unpaired) electrons. The van der Waals surface area contributed by atoms with E-state index in [1.807, 2.05) is 12.4 Å². The Kier molecular flexibility index (Phi) is 2.93. The van der Waals surface area contributed by atoms with Crippen molar-refractivity contribution in [2.45, 2.75) is 39.2 Å². The van der Waals surface area contributed by atoms with Crippen LogP contribution in [0, 0.1) is 0 Å². The predicted molar refractivity (Wildman–Crippen MR) is 54.7 cm³/mol. The molecule has 4 nitrogen and oxygen atoms in total. The van der Waals surface area contributed by atoms with Gasteiger partial charge in [0.05, 0.1) is 6.20 Å². The van der Waals surface area contributed by atoms with Crippen LogP contribution >= 0.6 is 0 Å². The summed E-state index contributed by atoms with van der Waals surface area (Å²) in [7, 11) is 0. The monoisotopic (exact) mass is 195 g/mol. The van der Waals surface area contributed by atoms with Crippen molar-refractivity contribution >= 4 is 5.91 Å². The Morgan fingerprint density at radius 2 is 2.21 bits per heavy atom. The number of hydrogen-bond acceptors (Lipinski definition) is 2. The van der Waals surface area contributed by atoms with Gasteiger partial charge in [-0.05, 0) is 11.0 Å². The maximum Gasteiger partial charge on any atom is 0.219 e. The quantitative estimate of drug-likeness (QED) is 0.783. The molecule has 14 heavy (non-hydrogen) atoms. The first kappa shape index (κ1) is 10.8. The smallest absolute Gasteiger partial charge is 0.219 e. The van der Waals surface area contributed by atoms with Crippen molar-refractivity contribution in [2.75, 3.05) is 0 Å². The van der Waals surface area contributed by atoms with Crippen LogP contribution in [0.3, 0.4) is 0 Å². The summed E-state index contributed by atoms with van der Waals surface area (Å²) in [5, 5.41) is 4.16. The van der Waals surface area contributed by atoms with Crippen LogP contribution in [0.1, 0.15) is 32.8 Å². The fourth-order valence-corrected chi connectivity index (χ4v) is 1.10. The van der Waals surface area contributed by atoms with Crippen LogP contribution in [0.2, 0.25) is 0 Å². The molecule has 4 heteroatoms. The fourth-order valence-electron chi connectivity index (χ4n) is 1.10. The van der Waals surface area contributed by atoms with Crippen molar-refractivity contribution in [1.82, 2.24) is 9.78 Å². The molecule has 0 aliphatic rings. The second kappa shape index (κ2) is 3.82. The molecule has 78 valence electrons. The van der Waals surface area contributed by atoms with Crippen LogP contribution in [0.4, 0.5) is 0 Å². The molecule has 0 spiro atoms. The summed E-state index contributed by atoms with van der Waals surface area (Å²) >= 11 is 0. The van der Waals surface area contributed by atoms with Crippen molar-refractivity contribution < 1.29 is 4.79 Å². The number of aromatic nitrogens is 2. The number of carbonyl (C=O) groups is 1. The van der Waals surface area contributed by atoms with E-state index in [0.29, 0.717) is 13.0 Å². The average molecular weight is 195 g/mol. The molecule has 1 rings (SSSR count). The maximum atomic E-state index is 10.6. The zero-order valence-electron chi connectivity index (χ0n) is 8.95. The molecule has 2 N–H and O–H groups in total. The molecular formula is C10H17N3O. The third-order valence-corrected chi connectivity index (χ3v) is 2.09. The lowest BCUT2D eigenvalue weighted by atomic mass is 9.90. The Morgan fingerprint density at radius 1 is 1.57 bits per heavy atom. The second-order valence-corrected chi connectivity index (χ2v) is 4.46. The molecule has 1 amide bonds. The van der Waals surface area contributed by atoms with E-state index in [9.17, 15) is 4.79 Å². The zero-order chi connectivity index (χ0) is 10.8. The average Bonchev–Trinajstić information content (AvgIpc) is 2.47. The van der Waals surface area contributed by atoms with E-state index in [1.54, 1.807) is 4.68 Å². The largest absolute Gasteiger partial charge is 0.370 e. The van der Waals surface area contributed by atoms with Crippen molar-refractivity contribution in [3.8, 4) is 0 Å². The van der Waals surface area contributed by atoms with Crippen LogP contribution in [0.25, 0.3) is 0 Å². The Morgan fingerprint density at radius 3 is 2.64 bits per heavy atom. The van der Waals surface area contributed by atoms with Crippen molar-refractivity contribution in [1.29, 1.82) is 0 Å². The number of rotatable bonds is 3. The van der Waals surface area contributed by atoms with Gasteiger partial charge in [0.25, 0.3) is 0 Å². The Balaban J connectivity index is 2.64. The van der Waals surface area contributed by atoms with Gasteiger partial charge in [0.2, 0.25) is 5.91 Å². The lowest BCUT2D eigenvalue weighted by molar-refractivity contribution is -0.118. The Labute approximate surface area is 84.1 Å². The van der Waals surface area contributed by atoms with Crippen LogP contribution in [0.15, 0.2) is 12.4 Å². The van der Waals surface area contributed by atoms with E-state index < -0.39 is 0 Å². The molecule has 0 atom stereocenters. The molecule has 0 unspecified atom stereocenters.